The second-order valence-electron chi connectivity index (χ2n) is 11.4. The number of alkyl halides is 3. The number of benzene rings is 2. The number of aromatic nitrogens is 2. The molecule has 3 fully saturated rings. The highest BCUT2D eigenvalue weighted by Gasteiger charge is 2.53. The van der Waals surface area contributed by atoms with Crippen molar-refractivity contribution in [2.75, 3.05) is 43.9 Å². The molecule has 3 N–H and O–H groups in total. The standard InChI is InChI=1S/C29H26ClF4N7OS/c1-40-10-18(29(32,33)34)21(40)11-42-28-38-26-15(27(39-28)41-8-13-2-3-14(9-41)37-13)6-19(30)24(25(26)31)17-12-43-22-5-4-20(36)16(7-35)23(17)22/h4-6,12-14,18,21,37H,2-3,8-11,36H2,1H3/t13?,14?,18-,21-/m1/s1. The van der Waals surface area contributed by atoms with E-state index in [2.05, 4.69) is 21.4 Å². The fourth-order valence-corrected chi connectivity index (χ4v) is 7.85. The first-order chi connectivity index (χ1) is 20.5. The zero-order chi connectivity index (χ0) is 30.2. The lowest BCUT2D eigenvalue weighted by molar-refractivity contribution is -0.230. The molecular formula is C29H26ClF4N7OS. The molecule has 2 bridgehead atoms. The summed E-state index contributed by atoms with van der Waals surface area (Å²) >= 11 is 8.11. The van der Waals surface area contributed by atoms with Crippen LogP contribution in [0.4, 0.5) is 29.1 Å². The van der Waals surface area contributed by atoms with Crippen LogP contribution in [0, 0.1) is 23.1 Å². The largest absolute Gasteiger partial charge is 0.462 e. The maximum atomic E-state index is 16.7. The number of fused-ring (bicyclic) bond motifs is 4. The Bertz CT molecular complexity index is 1800. The first-order valence-corrected chi connectivity index (χ1v) is 15.1. The number of rotatable bonds is 5. The first kappa shape index (κ1) is 28.3. The highest BCUT2D eigenvalue weighted by molar-refractivity contribution is 7.17. The number of thiophene rings is 1. The number of nitrogens with two attached hydrogens (primary N) is 1. The first-order valence-electron chi connectivity index (χ1n) is 13.8. The summed E-state index contributed by atoms with van der Waals surface area (Å²) in [7, 11) is 1.60. The van der Waals surface area contributed by atoms with Gasteiger partial charge >= 0.3 is 12.2 Å². The molecule has 43 heavy (non-hydrogen) atoms. The van der Waals surface area contributed by atoms with Crippen LogP contribution < -0.4 is 20.7 Å². The Morgan fingerprint density at radius 3 is 2.63 bits per heavy atom. The molecule has 4 atom stereocenters. The number of nitrogens with one attached hydrogen (secondary N) is 1. The Hall–Kier alpha value is -3.44. The number of nitrogen functional groups attached to an aromatic ring is 1. The number of nitriles is 1. The van der Waals surface area contributed by atoms with E-state index in [1.165, 1.54) is 11.3 Å². The van der Waals surface area contributed by atoms with E-state index >= 15 is 4.39 Å². The van der Waals surface area contributed by atoms with Crippen molar-refractivity contribution < 1.29 is 22.3 Å². The minimum atomic E-state index is -4.36. The molecule has 0 aliphatic carbocycles. The van der Waals surface area contributed by atoms with Crippen LogP contribution in [-0.4, -0.2) is 72.5 Å². The zero-order valence-corrected chi connectivity index (χ0v) is 24.5. The number of likely N-dealkylation sites (N-methyl/N-ethyl adjacent to an activating group) is 1. The Kier molecular flexibility index (Phi) is 6.81. The van der Waals surface area contributed by atoms with Gasteiger partial charge in [-0.25, -0.2) is 4.39 Å². The van der Waals surface area contributed by atoms with E-state index in [1.54, 1.807) is 35.5 Å². The van der Waals surface area contributed by atoms with Crippen molar-refractivity contribution in [2.45, 2.75) is 37.1 Å². The van der Waals surface area contributed by atoms with Gasteiger partial charge in [-0.3, -0.25) is 4.90 Å². The molecule has 8 nitrogen and oxygen atoms in total. The number of hydrogen-bond donors (Lipinski definition) is 2. The summed E-state index contributed by atoms with van der Waals surface area (Å²) in [6.07, 6.45) is -2.37. The molecule has 2 aromatic carbocycles. The van der Waals surface area contributed by atoms with Gasteiger partial charge in [-0.2, -0.15) is 28.4 Å². The monoisotopic (exact) mass is 631 g/mol. The molecule has 5 heterocycles. The topological polar surface area (TPSA) is 103 Å². The van der Waals surface area contributed by atoms with Crippen LogP contribution in [0.25, 0.3) is 32.1 Å². The number of piperazine rings is 1. The van der Waals surface area contributed by atoms with Crippen molar-refractivity contribution in [3.05, 3.63) is 40.0 Å². The summed E-state index contributed by atoms with van der Waals surface area (Å²) in [5.41, 5.74) is 6.94. The lowest BCUT2D eigenvalue weighted by Crippen LogP contribution is -2.61. The van der Waals surface area contributed by atoms with Gasteiger partial charge in [-0.15, -0.1) is 11.3 Å². The minimum Gasteiger partial charge on any atom is -0.462 e. The average molecular weight is 632 g/mol. The molecule has 3 aliphatic rings. The van der Waals surface area contributed by atoms with Gasteiger partial charge in [-0.1, -0.05) is 11.6 Å². The number of hydrogen-bond acceptors (Lipinski definition) is 9. The summed E-state index contributed by atoms with van der Waals surface area (Å²) in [6.45, 7) is 0.806. The van der Waals surface area contributed by atoms with Gasteiger partial charge in [0.2, 0.25) is 0 Å². The van der Waals surface area contributed by atoms with Crippen LogP contribution in [0.2, 0.25) is 5.02 Å². The molecule has 0 amide bonds. The van der Waals surface area contributed by atoms with E-state index in [-0.39, 0.29) is 58.6 Å². The van der Waals surface area contributed by atoms with Crippen molar-refractivity contribution >= 4 is 55.4 Å². The summed E-state index contributed by atoms with van der Waals surface area (Å²) in [5, 5.41) is 16.1. The summed E-state index contributed by atoms with van der Waals surface area (Å²) < 4.78 is 63.7. The summed E-state index contributed by atoms with van der Waals surface area (Å²) in [4.78, 5) is 12.6. The van der Waals surface area contributed by atoms with Crippen molar-refractivity contribution in [2.24, 2.45) is 5.92 Å². The fraction of sp³-hybridized carbons (Fsp3) is 0.414. The molecule has 14 heteroatoms. The summed E-state index contributed by atoms with van der Waals surface area (Å²) in [5.74, 6) is -1.86. The second-order valence-corrected chi connectivity index (χ2v) is 12.8. The van der Waals surface area contributed by atoms with Gasteiger partial charge in [0.15, 0.2) is 5.82 Å². The normalized spacial score (nSPS) is 24.0. The molecule has 3 saturated heterocycles. The number of anilines is 2. The Morgan fingerprint density at radius 1 is 1.21 bits per heavy atom. The average Bonchev–Trinajstić information content (AvgIpc) is 3.53. The quantitative estimate of drug-likeness (QED) is 0.218. The summed E-state index contributed by atoms with van der Waals surface area (Å²) in [6, 6.07) is 6.47. The fourth-order valence-electron chi connectivity index (χ4n) is 6.59. The van der Waals surface area contributed by atoms with E-state index < -0.39 is 24.0 Å². The molecule has 3 aliphatic heterocycles. The van der Waals surface area contributed by atoms with E-state index in [1.807, 2.05) is 4.90 Å². The Balaban J connectivity index is 1.36. The molecule has 7 rings (SSSR count). The number of likely N-dealkylation sites (tertiary alicyclic amines) is 1. The van der Waals surface area contributed by atoms with Gasteiger partial charge in [0.1, 0.15) is 24.0 Å². The molecule has 0 spiro atoms. The lowest BCUT2D eigenvalue weighted by Gasteiger charge is -2.46. The van der Waals surface area contributed by atoms with E-state index in [9.17, 15) is 18.4 Å². The SMILES string of the molecule is CN1C[C@@H](C(F)(F)F)[C@H]1COc1nc(N2CC3CCC(C2)N3)c2cc(Cl)c(-c3csc4ccc(N)c(C#N)c34)c(F)c2n1. The third-order valence-electron chi connectivity index (χ3n) is 8.83. The minimum absolute atomic E-state index is 0.0503. The van der Waals surface area contributed by atoms with E-state index in [0.29, 0.717) is 35.2 Å². The highest BCUT2D eigenvalue weighted by atomic mass is 35.5. The zero-order valence-electron chi connectivity index (χ0n) is 22.9. The van der Waals surface area contributed by atoms with Crippen LogP contribution >= 0.6 is 22.9 Å². The molecule has 0 radical (unpaired) electrons. The molecule has 2 unspecified atom stereocenters. The van der Waals surface area contributed by atoms with Gasteiger partial charge in [0, 0.05) is 63.7 Å². The van der Waals surface area contributed by atoms with Crippen LogP contribution in [0.15, 0.2) is 23.6 Å². The van der Waals surface area contributed by atoms with Gasteiger partial charge in [0.05, 0.1) is 28.2 Å². The van der Waals surface area contributed by atoms with Gasteiger partial charge in [-0.05, 0) is 38.1 Å². The van der Waals surface area contributed by atoms with Crippen LogP contribution in [0.1, 0.15) is 18.4 Å². The number of nitrogens with zero attached hydrogens (tertiary/aromatic N) is 5. The van der Waals surface area contributed by atoms with Crippen LogP contribution in [0.5, 0.6) is 6.01 Å². The van der Waals surface area contributed by atoms with E-state index in [0.717, 1.165) is 17.5 Å². The second kappa shape index (κ2) is 10.3. The predicted molar refractivity (Wildman–Crippen MR) is 158 cm³/mol. The smallest absolute Gasteiger partial charge is 0.394 e. The molecule has 0 saturated carbocycles. The maximum absolute atomic E-state index is 16.7. The third kappa shape index (κ3) is 4.71. The van der Waals surface area contributed by atoms with Crippen molar-refractivity contribution in [3.8, 4) is 23.2 Å². The molecule has 4 aromatic rings. The Labute approximate surface area is 253 Å². The molecule has 224 valence electrons. The Morgan fingerprint density at radius 2 is 1.95 bits per heavy atom. The van der Waals surface area contributed by atoms with Crippen molar-refractivity contribution in [3.63, 3.8) is 0 Å². The van der Waals surface area contributed by atoms with Crippen molar-refractivity contribution in [1.29, 1.82) is 5.26 Å². The van der Waals surface area contributed by atoms with E-state index in [4.69, 9.17) is 22.1 Å². The maximum Gasteiger partial charge on any atom is 0.394 e. The number of ether oxygens (including phenoxy) is 1. The lowest BCUT2D eigenvalue weighted by atomic mass is 9.89. The predicted octanol–water partition coefficient (Wildman–Crippen LogP) is 5.57. The van der Waals surface area contributed by atoms with Crippen LogP contribution in [-0.2, 0) is 0 Å². The van der Waals surface area contributed by atoms with Gasteiger partial charge < -0.3 is 20.7 Å². The van der Waals surface area contributed by atoms with Gasteiger partial charge in [0.25, 0.3) is 0 Å². The third-order valence-corrected chi connectivity index (χ3v) is 10.1. The molecule has 2 aromatic heterocycles. The highest BCUT2D eigenvalue weighted by Crippen LogP contribution is 2.45. The van der Waals surface area contributed by atoms with Crippen LogP contribution in [0.3, 0.4) is 0 Å². The number of halogens is 5. The molecular weight excluding hydrogens is 606 g/mol. The van der Waals surface area contributed by atoms with Crippen molar-refractivity contribution in [1.82, 2.24) is 20.2 Å².